The molecular weight excluding hydrogens is 403 g/mol. The molecular formula is C26H25FN4O. The first-order valence-electron chi connectivity index (χ1n) is 11.1. The summed E-state index contributed by atoms with van der Waals surface area (Å²) in [7, 11) is 0. The summed E-state index contributed by atoms with van der Waals surface area (Å²) >= 11 is 0. The molecule has 1 aliphatic carbocycles. The number of nitrogens with zero attached hydrogens (tertiary/aromatic N) is 3. The SMILES string of the molecule is Cc1ncc(-c2cccn3c(C4CCCCC4)ncc23)cc1C(=O)Nc1ccc(F)cc1. The smallest absolute Gasteiger partial charge is 0.257 e. The Morgan fingerprint density at radius 3 is 2.62 bits per heavy atom. The second-order valence-corrected chi connectivity index (χ2v) is 8.45. The van der Waals surface area contributed by atoms with Crippen LogP contribution in [0.1, 0.15) is 59.9 Å². The minimum Gasteiger partial charge on any atom is -0.322 e. The monoisotopic (exact) mass is 428 g/mol. The van der Waals surface area contributed by atoms with Crippen molar-refractivity contribution in [1.82, 2.24) is 14.4 Å². The van der Waals surface area contributed by atoms with Gasteiger partial charge in [0.05, 0.1) is 23.0 Å². The number of carbonyl (C=O) groups is 1. The number of aryl methyl sites for hydroxylation is 1. The number of hydrogen-bond acceptors (Lipinski definition) is 3. The Labute approximate surface area is 186 Å². The Morgan fingerprint density at radius 2 is 1.84 bits per heavy atom. The van der Waals surface area contributed by atoms with Gasteiger partial charge in [0.15, 0.2) is 0 Å². The van der Waals surface area contributed by atoms with Crippen LogP contribution in [0.3, 0.4) is 0 Å². The molecule has 0 radical (unpaired) electrons. The van der Waals surface area contributed by atoms with Crippen LogP contribution >= 0.6 is 0 Å². The molecule has 0 atom stereocenters. The van der Waals surface area contributed by atoms with E-state index in [2.05, 4.69) is 20.9 Å². The molecule has 1 aromatic carbocycles. The van der Waals surface area contributed by atoms with Crippen molar-refractivity contribution in [2.75, 3.05) is 5.32 Å². The lowest BCUT2D eigenvalue weighted by molar-refractivity contribution is 0.102. The lowest BCUT2D eigenvalue weighted by atomic mass is 9.89. The van der Waals surface area contributed by atoms with Crippen molar-refractivity contribution in [3.05, 3.63) is 84.0 Å². The van der Waals surface area contributed by atoms with Gasteiger partial charge >= 0.3 is 0 Å². The van der Waals surface area contributed by atoms with E-state index >= 15 is 0 Å². The van der Waals surface area contributed by atoms with Gasteiger partial charge in [0.1, 0.15) is 11.6 Å². The fourth-order valence-electron chi connectivity index (χ4n) is 4.59. The number of aromatic nitrogens is 3. The first kappa shape index (κ1) is 20.4. The summed E-state index contributed by atoms with van der Waals surface area (Å²) in [4.78, 5) is 22.2. The van der Waals surface area contributed by atoms with Crippen LogP contribution in [0.15, 0.2) is 61.1 Å². The summed E-state index contributed by atoms with van der Waals surface area (Å²) in [6, 6.07) is 11.6. The highest BCUT2D eigenvalue weighted by molar-refractivity contribution is 6.05. The maximum atomic E-state index is 13.2. The number of pyridine rings is 2. The number of hydrogen-bond donors (Lipinski definition) is 1. The average Bonchev–Trinajstić information content (AvgIpc) is 3.26. The van der Waals surface area contributed by atoms with E-state index in [-0.39, 0.29) is 11.7 Å². The van der Waals surface area contributed by atoms with Crippen molar-refractivity contribution in [2.45, 2.75) is 44.9 Å². The maximum Gasteiger partial charge on any atom is 0.257 e. The van der Waals surface area contributed by atoms with Gasteiger partial charge < -0.3 is 9.72 Å². The third-order valence-corrected chi connectivity index (χ3v) is 6.31. The number of fused-ring (bicyclic) bond motifs is 1. The van der Waals surface area contributed by atoms with E-state index < -0.39 is 0 Å². The largest absolute Gasteiger partial charge is 0.322 e. The summed E-state index contributed by atoms with van der Waals surface area (Å²) in [5.41, 5.74) is 4.53. The van der Waals surface area contributed by atoms with E-state index in [4.69, 9.17) is 4.98 Å². The Morgan fingerprint density at radius 1 is 1.06 bits per heavy atom. The molecule has 0 aliphatic heterocycles. The first-order chi connectivity index (χ1) is 15.6. The van der Waals surface area contributed by atoms with Crippen molar-refractivity contribution in [2.24, 2.45) is 0 Å². The number of rotatable bonds is 4. The van der Waals surface area contributed by atoms with Gasteiger partial charge in [0, 0.05) is 35.1 Å². The third kappa shape index (κ3) is 3.88. The Balaban J connectivity index is 1.49. The van der Waals surface area contributed by atoms with Crippen molar-refractivity contribution >= 4 is 17.1 Å². The molecule has 3 aromatic heterocycles. The summed E-state index contributed by atoms with van der Waals surface area (Å²) in [6.45, 7) is 1.81. The van der Waals surface area contributed by atoms with E-state index in [9.17, 15) is 9.18 Å². The van der Waals surface area contributed by atoms with E-state index in [1.807, 2.05) is 31.3 Å². The molecule has 4 aromatic rings. The molecule has 0 spiro atoms. The Kier molecular flexibility index (Phi) is 5.43. The van der Waals surface area contributed by atoms with Crippen LogP contribution in [-0.2, 0) is 0 Å². The highest BCUT2D eigenvalue weighted by atomic mass is 19.1. The number of halogens is 1. The molecule has 1 fully saturated rings. The highest BCUT2D eigenvalue weighted by Gasteiger charge is 2.21. The minimum atomic E-state index is -0.343. The molecule has 32 heavy (non-hydrogen) atoms. The standard InChI is InChI=1S/C26H25FN4O/c1-17-23(26(32)30-21-11-9-20(27)10-12-21)14-19(15-28-17)22-8-5-13-31-24(22)16-29-25(31)18-6-3-2-4-7-18/h5,8-16,18H,2-4,6-7H2,1H3,(H,30,32). The van der Waals surface area contributed by atoms with Crippen LogP contribution in [0.4, 0.5) is 10.1 Å². The van der Waals surface area contributed by atoms with Crippen LogP contribution < -0.4 is 5.32 Å². The van der Waals surface area contributed by atoms with Crippen LogP contribution in [0, 0.1) is 12.7 Å². The van der Waals surface area contributed by atoms with Crippen molar-refractivity contribution in [1.29, 1.82) is 0 Å². The number of amides is 1. The lowest BCUT2D eigenvalue weighted by Crippen LogP contribution is -2.14. The van der Waals surface area contributed by atoms with Gasteiger partial charge in [0.2, 0.25) is 0 Å². The average molecular weight is 429 g/mol. The molecule has 1 aliphatic rings. The topological polar surface area (TPSA) is 59.3 Å². The zero-order chi connectivity index (χ0) is 22.1. The molecule has 1 saturated carbocycles. The van der Waals surface area contributed by atoms with Gasteiger partial charge in [-0.2, -0.15) is 0 Å². The van der Waals surface area contributed by atoms with Gasteiger partial charge in [0.25, 0.3) is 5.91 Å². The molecule has 0 saturated heterocycles. The summed E-state index contributed by atoms with van der Waals surface area (Å²) in [6.07, 6.45) is 12.0. The Hall–Kier alpha value is -3.54. The van der Waals surface area contributed by atoms with Gasteiger partial charge in [-0.3, -0.25) is 9.78 Å². The molecule has 1 amide bonds. The quantitative estimate of drug-likeness (QED) is 0.424. The van der Waals surface area contributed by atoms with E-state index in [1.165, 1.54) is 44.2 Å². The van der Waals surface area contributed by atoms with Crippen LogP contribution in [0.25, 0.3) is 16.6 Å². The summed E-state index contributed by atoms with van der Waals surface area (Å²) in [5, 5.41) is 2.83. The van der Waals surface area contributed by atoms with Gasteiger partial charge in [-0.1, -0.05) is 25.3 Å². The molecule has 0 bridgehead atoms. The Bertz CT molecular complexity index is 1270. The number of nitrogens with one attached hydrogen (secondary N) is 1. The van der Waals surface area contributed by atoms with Crippen molar-refractivity contribution < 1.29 is 9.18 Å². The van der Waals surface area contributed by atoms with Crippen LogP contribution in [0.2, 0.25) is 0 Å². The normalized spacial score (nSPS) is 14.6. The molecule has 162 valence electrons. The van der Waals surface area contributed by atoms with Gasteiger partial charge in [-0.25, -0.2) is 9.37 Å². The predicted octanol–water partition coefficient (Wildman–Crippen LogP) is 6.14. The summed E-state index contributed by atoms with van der Waals surface area (Å²) in [5.74, 6) is 1.00. The van der Waals surface area contributed by atoms with Gasteiger partial charge in [-0.05, 0) is 56.2 Å². The fourth-order valence-corrected chi connectivity index (χ4v) is 4.59. The van der Waals surface area contributed by atoms with Gasteiger partial charge in [-0.15, -0.1) is 0 Å². The third-order valence-electron chi connectivity index (χ3n) is 6.31. The molecule has 0 unspecified atom stereocenters. The number of benzene rings is 1. The van der Waals surface area contributed by atoms with Crippen molar-refractivity contribution in [3.8, 4) is 11.1 Å². The second-order valence-electron chi connectivity index (χ2n) is 8.45. The molecule has 1 N–H and O–H groups in total. The number of imidazole rings is 1. The highest BCUT2D eigenvalue weighted by Crippen LogP contribution is 2.34. The lowest BCUT2D eigenvalue weighted by Gasteiger charge is -2.20. The fraction of sp³-hybridized carbons (Fsp3) is 0.269. The number of carbonyl (C=O) groups excluding carboxylic acids is 1. The molecule has 5 rings (SSSR count). The summed E-state index contributed by atoms with van der Waals surface area (Å²) < 4.78 is 15.4. The maximum absolute atomic E-state index is 13.2. The van der Waals surface area contributed by atoms with Crippen LogP contribution in [0.5, 0.6) is 0 Å². The minimum absolute atomic E-state index is 0.271. The first-order valence-corrected chi connectivity index (χ1v) is 11.1. The van der Waals surface area contributed by atoms with E-state index in [0.29, 0.717) is 22.9 Å². The van der Waals surface area contributed by atoms with E-state index in [1.54, 1.807) is 18.3 Å². The predicted molar refractivity (Wildman–Crippen MR) is 123 cm³/mol. The van der Waals surface area contributed by atoms with Crippen molar-refractivity contribution in [3.63, 3.8) is 0 Å². The van der Waals surface area contributed by atoms with E-state index in [0.717, 1.165) is 22.5 Å². The zero-order valence-electron chi connectivity index (χ0n) is 18.0. The molecule has 6 heteroatoms. The number of anilines is 1. The molecule has 5 nitrogen and oxygen atoms in total. The zero-order valence-corrected chi connectivity index (χ0v) is 18.0. The second kappa shape index (κ2) is 8.54. The van der Waals surface area contributed by atoms with Crippen LogP contribution in [-0.4, -0.2) is 20.3 Å². The molecule has 3 heterocycles.